The minimum atomic E-state index is -0.535. The van der Waals surface area contributed by atoms with Crippen molar-refractivity contribution in [2.75, 3.05) is 13.7 Å². The number of carbonyl (C=O) groups is 1. The molecule has 0 aromatic heterocycles. The summed E-state index contributed by atoms with van der Waals surface area (Å²) in [5, 5.41) is 10.7. The highest BCUT2D eigenvalue weighted by Gasteiger charge is 2.51. The van der Waals surface area contributed by atoms with Crippen LogP contribution in [0.2, 0.25) is 0 Å². The first-order chi connectivity index (χ1) is 12.8. The third-order valence-electron chi connectivity index (χ3n) is 7.20. The number of aliphatic hydroxyl groups is 1. The van der Waals surface area contributed by atoms with Crippen LogP contribution in [0.25, 0.3) is 0 Å². The largest absolute Gasteiger partial charge is 0.390 e. The fourth-order valence-electron chi connectivity index (χ4n) is 5.38. The molecule has 2 fully saturated rings. The van der Waals surface area contributed by atoms with E-state index in [4.69, 9.17) is 4.74 Å². The summed E-state index contributed by atoms with van der Waals surface area (Å²) in [6, 6.07) is 8.61. The molecule has 1 unspecified atom stereocenters. The van der Waals surface area contributed by atoms with Gasteiger partial charge in [-0.3, -0.25) is 4.79 Å². The Balaban J connectivity index is 1.71. The first-order valence-corrected chi connectivity index (χ1v) is 10.6. The summed E-state index contributed by atoms with van der Waals surface area (Å²) in [4.78, 5) is 13.3. The van der Waals surface area contributed by atoms with Gasteiger partial charge in [-0.1, -0.05) is 51.5 Å². The van der Waals surface area contributed by atoms with Crippen molar-refractivity contribution in [3.8, 4) is 0 Å². The number of methoxy groups -OCH3 is 1. The summed E-state index contributed by atoms with van der Waals surface area (Å²) in [7, 11) is 1.73. The van der Waals surface area contributed by atoms with Crippen molar-refractivity contribution in [3.05, 3.63) is 35.4 Å². The van der Waals surface area contributed by atoms with Gasteiger partial charge in [0.2, 0.25) is 0 Å². The fraction of sp³-hybridized carbons (Fsp3) is 0.708. The first kappa shape index (κ1) is 20.5. The van der Waals surface area contributed by atoms with Crippen LogP contribution in [-0.2, 0) is 14.9 Å². The Kier molecular flexibility index (Phi) is 5.84. The van der Waals surface area contributed by atoms with Gasteiger partial charge >= 0.3 is 0 Å². The van der Waals surface area contributed by atoms with Gasteiger partial charge in [0.1, 0.15) is 5.78 Å². The van der Waals surface area contributed by atoms with Gasteiger partial charge in [-0.05, 0) is 56.1 Å². The lowest BCUT2D eigenvalue weighted by atomic mass is 9.65. The van der Waals surface area contributed by atoms with E-state index in [2.05, 4.69) is 45.0 Å². The molecule has 1 atom stereocenters. The Bertz CT molecular complexity index is 651. The Hall–Kier alpha value is -1.19. The topological polar surface area (TPSA) is 46.5 Å². The van der Waals surface area contributed by atoms with E-state index < -0.39 is 5.60 Å². The predicted molar refractivity (Wildman–Crippen MR) is 109 cm³/mol. The molecule has 3 nitrogen and oxygen atoms in total. The summed E-state index contributed by atoms with van der Waals surface area (Å²) in [6.45, 7) is 7.16. The van der Waals surface area contributed by atoms with Crippen molar-refractivity contribution in [1.29, 1.82) is 0 Å². The van der Waals surface area contributed by atoms with E-state index >= 15 is 0 Å². The van der Waals surface area contributed by atoms with Crippen molar-refractivity contribution < 1.29 is 14.6 Å². The maximum atomic E-state index is 13.3. The number of hydrogen-bond acceptors (Lipinski definition) is 3. The molecule has 2 saturated carbocycles. The van der Waals surface area contributed by atoms with Crippen LogP contribution in [0.1, 0.15) is 89.2 Å². The maximum absolute atomic E-state index is 13.3. The van der Waals surface area contributed by atoms with E-state index in [0.717, 1.165) is 56.9 Å². The van der Waals surface area contributed by atoms with Gasteiger partial charge < -0.3 is 9.84 Å². The van der Waals surface area contributed by atoms with Crippen molar-refractivity contribution >= 4 is 5.78 Å². The molecular formula is C24H36O3. The number of ether oxygens (including phenoxy) is 1. The number of rotatable bonds is 6. The minimum absolute atomic E-state index is 0.0265. The predicted octanol–water partition coefficient (Wildman–Crippen LogP) is 5.15. The van der Waals surface area contributed by atoms with Crippen LogP contribution in [-0.4, -0.2) is 30.2 Å². The van der Waals surface area contributed by atoms with Crippen LogP contribution >= 0.6 is 0 Å². The lowest BCUT2D eigenvalue weighted by Crippen LogP contribution is -2.41. The Morgan fingerprint density at radius 1 is 1.11 bits per heavy atom. The molecule has 0 amide bonds. The summed E-state index contributed by atoms with van der Waals surface area (Å²) in [6.07, 6.45) is 7.08. The Labute approximate surface area is 164 Å². The Morgan fingerprint density at radius 2 is 1.74 bits per heavy atom. The standard InChI is InChI=1S/C24H36O3/c1-5-11-24(26)15-13-23(14-16-24)12-10-20(21(23)25)18-6-8-19(9-7-18)22(2,3)17-27-4/h6-9,20,26H,5,10-17H2,1-4H3. The molecule has 27 heavy (non-hydrogen) atoms. The highest BCUT2D eigenvalue weighted by atomic mass is 16.5. The summed E-state index contributed by atoms with van der Waals surface area (Å²) in [5.41, 5.74) is 1.66. The van der Waals surface area contributed by atoms with E-state index in [-0.39, 0.29) is 16.7 Å². The van der Waals surface area contributed by atoms with Crippen LogP contribution in [0.3, 0.4) is 0 Å². The van der Waals surface area contributed by atoms with Crippen molar-refractivity contribution in [3.63, 3.8) is 0 Å². The summed E-state index contributed by atoms with van der Waals surface area (Å²) < 4.78 is 5.34. The normalized spacial score (nSPS) is 31.6. The van der Waals surface area contributed by atoms with E-state index in [1.54, 1.807) is 7.11 Å². The zero-order valence-electron chi connectivity index (χ0n) is 17.5. The fourth-order valence-corrected chi connectivity index (χ4v) is 5.38. The second-order valence-corrected chi connectivity index (χ2v) is 9.65. The molecule has 2 aliphatic rings. The van der Waals surface area contributed by atoms with Crippen LogP contribution < -0.4 is 0 Å². The molecule has 1 aromatic carbocycles. The van der Waals surface area contributed by atoms with Crippen LogP contribution in [0.4, 0.5) is 0 Å². The molecule has 150 valence electrons. The zero-order chi connectivity index (χ0) is 19.7. The molecule has 1 N–H and O–H groups in total. The minimum Gasteiger partial charge on any atom is -0.390 e. The molecule has 0 radical (unpaired) electrons. The van der Waals surface area contributed by atoms with Crippen LogP contribution in [0.15, 0.2) is 24.3 Å². The van der Waals surface area contributed by atoms with Crippen molar-refractivity contribution in [2.24, 2.45) is 5.41 Å². The first-order valence-electron chi connectivity index (χ1n) is 10.6. The second-order valence-electron chi connectivity index (χ2n) is 9.65. The molecule has 1 spiro atoms. The van der Waals surface area contributed by atoms with Gasteiger partial charge in [-0.15, -0.1) is 0 Å². The number of Topliss-reactive ketones (excluding diaryl/α,β-unsaturated/α-hetero) is 1. The molecule has 0 aliphatic heterocycles. The van der Waals surface area contributed by atoms with Gasteiger partial charge in [0.05, 0.1) is 12.2 Å². The number of carbonyl (C=O) groups excluding carboxylic acids is 1. The molecule has 0 saturated heterocycles. The highest BCUT2D eigenvalue weighted by molar-refractivity contribution is 5.93. The van der Waals surface area contributed by atoms with Gasteiger partial charge in [0, 0.05) is 23.9 Å². The lowest BCUT2D eigenvalue weighted by molar-refractivity contribution is -0.132. The molecule has 1 aromatic rings. The molecule has 3 heteroatoms. The number of benzene rings is 1. The Morgan fingerprint density at radius 3 is 2.30 bits per heavy atom. The average molecular weight is 373 g/mol. The zero-order valence-corrected chi connectivity index (χ0v) is 17.5. The molecule has 2 aliphatic carbocycles. The third kappa shape index (κ3) is 4.00. The highest BCUT2D eigenvalue weighted by Crippen LogP contribution is 2.54. The molecule has 0 bridgehead atoms. The van der Waals surface area contributed by atoms with E-state index in [1.807, 2.05) is 0 Å². The number of ketones is 1. The summed E-state index contributed by atoms with van der Waals surface area (Å²) in [5.74, 6) is 0.451. The molecule has 0 heterocycles. The second kappa shape index (κ2) is 7.67. The quantitative estimate of drug-likeness (QED) is 0.751. The third-order valence-corrected chi connectivity index (χ3v) is 7.20. The maximum Gasteiger partial charge on any atom is 0.146 e. The lowest BCUT2D eigenvalue weighted by Gasteiger charge is -2.41. The van der Waals surface area contributed by atoms with Crippen LogP contribution in [0.5, 0.6) is 0 Å². The molecular weight excluding hydrogens is 336 g/mol. The van der Waals surface area contributed by atoms with E-state index in [9.17, 15) is 9.90 Å². The molecule has 3 rings (SSSR count). The monoisotopic (exact) mass is 372 g/mol. The smallest absolute Gasteiger partial charge is 0.146 e. The van der Waals surface area contributed by atoms with Crippen molar-refractivity contribution in [2.45, 2.75) is 89.1 Å². The number of hydrogen-bond donors (Lipinski definition) is 1. The summed E-state index contributed by atoms with van der Waals surface area (Å²) >= 11 is 0. The van der Waals surface area contributed by atoms with Gasteiger partial charge in [-0.2, -0.15) is 0 Å². The van der Waals surface area contributed by atoms with Crippen molar-refractivity contribution in [1.82, 2.24) is 0 Å². The van der Waals surface area contributed by atoms with Crippen LogP contribution in [0, 0.1) is 5.41 Å². The average Bonchev–Trinajstić information content (AvgIpc) is 2.95. The SMILES string of the molecule is CCCC1(O)CCC2(CCC(c3ccc(C(C)(C)COC)cc3)C2=O)CC1. The van der Waals surface area contributed by atoms with Gasteiger partial charge in [0.15, 0.2) is 0 Å². The van der Waals surface area contributed by atoms with E-state index in [1.165, 1.54) is 5.56 Å². The van der Waals surface area contributed by atoms with Gasteiger partial charge in [0.25, 0.3) is 0 Å². The van der Waals surface area contributed by atoms with Gasteiger partial charge in [-0.25, -0.2) is 0 Å². The van der Waals surface area contributed by atoms with E-state index in [0.29, 0.717) is 12.4 Å².